The molecule has 4 nitrogen and oxygen atoms in total. The molecule has 1 fully saturated rings. The van der Waals surface area contributed by atoms with Crippen LogP contribution in [0.3, 0.4) is 0 Å². The summed E-state index contributed by atoms with van der Waals surface area (Å²) in [5.41, 5.74) is 4.88. The maximum absolute atomic E-state index is 5.15. The van der Waals surface area contributed by atoms with Crippen molar-refractivity contribution in [3.8, 4) is 0 Å². The maximum atomic E-state index is 5.15. The minimum atomic E-state index is 0.694. The van der Waals surface area contributed by atoms with Crippen molar-refractivity contribution >= 4 is 28.9 Å². The van der Waals surface area contributed by atoms with Crippen molar-refractivity contribution in [3.05, 3.63) is 58.9 Å². The van der Waals surface area contributed by atoms with Crippen molar-refractivity contribution in [2.75, 3.05) is 37.6 Å². The Morgan fingerprint density at radius 3 is 2.42 bits per heavy atom. The largest absolute Gasteiger partial charge is 0.369 e. The van der Waals surface area contributed by atoms with Crippen LogP contribution in [0.25, 0.3) is 11.0 Å². The summed E-state index contributed by atoms with van der Waals surface area (Å²) < 4.78 is 0.694. The fourth-order valence-corrected chi connectivity index (χ4v) is 3.61. The van der Waals surface area contributed by atoms with Crippen molar-refractivity contribution in [1.29, 1.82) is 0 Å². The van der Waals surface area contributed by atoms with E-state index in [0.29, 0.717) is 4.77 Å². The number of imidazole rings is 1. The van der Waals surface area contributed by atoms with Crippen LogP contribution in [0.2, 0.25) is 0 Å². The highest BCUT2D eigenvalue weighted by Gasteiger charge is 2.16. The summed E-state index contributed by atoms with van der Waals surface area (Å²) in [6.45, 7) is 5.58. The monoisotopic (exact) mass is 338 g/mol. The van der Waals surface area contributed by atoms with E-state index >= 15 is 0 Å². The zero-order valence-electron chi connectivity index (χ0n) is 13.7. The quantitative estimate of drug-likeness (QED) is 0.714. The first-order chi connectivity index (χ1) is 11.8. The highest BCUT2D eigenvalue weighted by atomic mass is 32.1. The molecule has 2 N–H and O–H groups in total. The van der Waals surface area contributed by atoms with E-state index in [9.17, 15) is 0 Å². The summed E-state index contributed by atoms with van der Waals surface area (Å²) in [7, 11) is 0. The van der Waals surface area contributed by atoms with Crippen molar-refractivity contribution < 1.29 is 0 Å². The van der Waals surface area contributed by atoms with Gasteiger partial charge in [0.1, 0.15) is 0 Å². The minimum Gasteiger partial charge on any atom is -0.369 e. The van der Waals surface area contributed by atoms with Crippen LogP contribution in [0.5, 0.6) is 0 Å². The molecular weight excluding hydrogens is 316 g/mol. The molecule has 2 aromatic carbocycles. The van der Waals surface area contributed by atoms with E-state index < -0.39 is 0 Å². The Kier molecular flexibility index (Phi) is 4.36. The SMILES string of the molecule is S=c1[nH]c2ccc(CCN3CCN(c4ccccc4)CC3)cc2[nH]1. The van der Waals surface area contributed by atoms with Gasteiger partial charge in [0.15, 0.2) is 4.77 Å². The third kappa shape index (κ3) is 3.37. The molecule has 0 aliphatic carbocycles. The Morgan fingerprint density at radius 2 is 1.62 bits per heavy atom. The number of H-pyrrole nitrogens is 2. The molecule has 1 aromatic heterocycles. The summed E-state index contributed by atoms with van der Waals surface area (Å²) in [6, 6.07) is 17.2. The molecule has 0 spiro atoms. The van der Waals surface area contributed by atoms with Crippen LogP contribution < -0.4 is 4.90 Å². The molecule has 0 atom stereocenters. The first-order valence-corrected chi connectivity index (χ1v) is 8.92. The van der Waals surface area contributed by atoms with Gasteiger partial charge in [0, 0.05) is 38.4 Å². The van der Waals surface area contributed by atoms with Crippen LogP contribution in [-0.4, -0.2) is 47.6 Å². The number of hydrogen-bond donors (Lipinski definition) is 2. The number of aromatic amines is 2. The molecule has 3 aromatic rings. The van der Waals surface area contributed by atoms with Crippen LogP contribution in [0.4, 0.5) is 5.69 Å². The van der Waals surface area contributed by atoms with Crippen LogP contribution >= 0.6 is 12.2 Å². The van der Waals surface area contributed by atoms with Gasteiger partial charge in [-0.3, -0.25) is 4.90 Å². The third-order valence-corrected chi connectivity index (χ3v) is 4.99. The van der Waals surface area contributed by atoms with Gasteiger partial charge in [0.25, 0.3) is 0 Å². The van der Waals surface area contributed by atoms with E-state index in [1.807, 2.05) is 0 Å². The average molecular weight is 338 g/mol. The number of fused-ring (bicyclic) bond motifs is 1. The number of rotatable bonds is 4. The Balaban J connectivity index is 1.32. The van der Waals surface area contributed by atoms with Gasteiger partial charge in [-0.25, -0.2) is 0 Å². The lowest BCUT2D eigenvalue weighted by Gasteiger charge is -2.36. The number of piperazine rings is 1. The molecule has 5 heteroatoms. The van der Waals surface area contributed by atoms with E-state index in [0.717, 1.165) is 50.2 Å². The molecule has 0 bridgehead atoms. The van der Waals surface area contributed by atoms with Gasteiger partial charge in [0.05, 0.1) is 11.0 Å². The van der Waals surface area contributed by atoms with E-state index in [1.165, 1.54) is 11.3 Å². The molecule has 0 amide bonds. The number of anilines is 1. The number of nitrogens with zero attached hydrogens (tertiary/aromatic N) is 2. The number of nitrogens with one attached hydrogen (secondary N) is 2. The summed E-state index contributed by atoms with van der Waals surface area (Å²) >= 11 is 5.15. The van der Waals surface area contributed by atoms with Gasteiger partial charge in [0.2, 0.25) is 0 Å². The number of para-hydroxylation sites is 1. The molecule has 24 heavy (non-hydrogen) atoms. The molecular formula is C19H22N4S. The maximum Gasteiger partial charge on any atom is 0.175 e. The van der Waals surface area contributed by atoms with Crippen LogP contribution in [-0.2, 0) is 6.42 Å². The fraction of sp³-hybridized carbons (Fsp3) is 0.316. The summed E-state index contributed by atoms with van der Waals surface area (Å²) in [5, 5.41) is 0. The van der Waals surface area contributed by atoms with Crippen molar-refractivity contribution in [2.24, 2.45) is 0 Å². The van der Waals surface area contributed by atoms with Gasteiger partial charge in [-0.15, -0.1) is 0 Å². The fourth-order valence-electron chi connectivity index (χ4n) is 3.39. The lowest BCUT2D eigenvalue weighted by atomic mass is 10.1. The Morgan fingerprint density at radius 1 is 0.875 bits per heavy atom. The van der Waals surface area contributed by atoms with E-state index in [2.05, 4.69) is 68.3 Å². The normalized spacial score (nSPS) is 15.9. The number of hydrogen-bond acceptors (Lipinski definition) is 3. The Hall–Kier alpha value is -2.11. The van der Waals surface area contributed by atoms with Crippen LogP contribution in [0.1, 0.15) is 5.56 Å². The second kappa shape index (κ2) is 6.79. The van der Waals surface area contributed by atoms with Gasteiger partial charge < -0.3 is 14.9 Å². The Labute approximate surface area is 147 Å². The highest BCUT2D eigenvalue weighted by molar-refractivity contribution is 7.71. The smallest absolute Gasteiger partial charge is 0.175 e. The van der Waals surface area contributed by atoms with E-state index in [4.69, 9.17) is 12.2 Å². The second-order valence-electron chi connectivity index (χ2n) is 6.37. The molecule has 4 rings (SSSR count). The van der Waals surface area contributed by atoms with Crippen LogP contribution in [0, 0.1) is 4.77 Å². The molecule has 1 aliphatic rings. The lowest BCUT2D eigenvalue weighted by Crippen LogP contribution is -2.46. The molecule has 124 valence electrons. The number of aromatic nitrogens is 2. The van der Waals surface area contributed by atoms with E-state index in [1.54, 1.807) is 0 Å². The number of benzene rings is 2. The van der Waals surface area contributed by atoms with Gasteiger partial charge in [-0.1, -0.05) is 24.3 Å². The Bertz CT molecular complexity index is 860. The lowest BCUT2D eigenvalue weighted by molar-refractivity contribution is 0.261. The average Bonchev–Trinajstić information content (AvgIpc) is 3.00. The highest BCUT2D eigenvalue weighted by Crippen LogP contribution is 2.17. The van der Waals surface area contributed by atoms with Crippen LogP contribution in [0.15, 0.2) is 48.5 Å². The molecule has 1 aliphatic heterocycles. The van der Waals surface area contributed by atoms with Gasteiger partial charge in [-0.2, -0.15) is 0 Å². The van der Waals surface area contributed by atoms with Crippen molar-refractivity contribution in [2.45, 2.75) is 6.42 Å². The summed E-state index contributed by atoms with van der Waals surface area (Å²) in [4.78, 5) is 11.4. The van der Waals surface area contributed by atoms with E-state index in [-0.39, 0.29) is 0 Å². The van der Waals surface area contributed by atoms with Crippen molar-refractivity contribution in [1.82, 2.24) is 14.9 Å². The summed E-state index contributed by atoms with van der Waals surface area (Å²) in [6.07, 6.45) is 1.08. The van der Waals surface area contributed by atoms with Crippen molar-refractivity contribution in [3.63, 3.8) is 0 Å². The molecule has 0 saturated carbocycles. The standard InChI is InChI=1S/C19H22N4S/c24-19-20-17-7-6-15(14-18(17)21-19)8-9-22-10-12-23(13-11-22)16-4-2-1-3-5-16/h1-7,14H,8-13H2,(H2,20,21,24). The first kappa shape index (κ1) is 15.4. The zero-order chi connectivity index (χ0) is 16.4. The molecule has 1 saturated heterocycles. The predicted molar refractivity (Wildman–Crippen MR) is 102 cm³/mol. The zero-order valence-corrected chi connectivity index (χ0v) is 14.5. The first-order valence-electron chi connectivity index (χ1n) is 8.51. The molecule has 2 heterocycles. The predicted octanol–water partition coefficient (Wildman–Crippen LogP) is 3.59. The topological polar surface area (TPSA) is 38.1 Å². The third-order valence-electron chi connectivity index (χ3n) is 4.79. The minimum absolute atomic E-state index is 0.694. The molecule has 0 unspecified atom stereocenters. The molecule has 0 radical (unpaired) electrons. The van der Waals surface area contributed by atoms with Gasteiger partial charge >= 0.3 is 0 Å². The second-order valence-corrected chi connectivity index (χ2v) is 6.78. The van der Waals surface area contributed by atoms with Gasteiger partial charge in [-0.05, 0) is 48.5 Å². The summed E-state index contributed by atoms with van der Waals surface area (Å²) in [5.74, 6) is 0.